The van der Waals surface area contributed by atoms with Gasteiger partial charge < -0.3 is 4.74 Å². The Morgan fingerprint density at radius 1 is 1.47 bits per heavy atom. The molecule has 1 atom stereocenters. The first kappa shape index (κ1) is 14.1. The second kappa shape index (κ2) is 5.00. The van der Waals surface area contributed by atoms with Crippen LogP contribution < -0.4 is 4.90 Å². The molecule has 2 heterocycles. The summed E-state index contributed by atoms with van der Waals surface area (Å²) in [5.74, 6) is 0.625. The Morgan fingerprint density at radius 2 is 2.16 bits per heavy atom. The van der Waals surface area contributed by atoms with Crippen LogP contribution in [0.2, 0.25) is 5.15 Å². The van der Waals surface area contributed by atoms with Gasteiger partial charge in [0, 0.05) is 6.04 Å². The van der Waals surface area contributed by atoms with Crippen LogP contribution in [0, 0.1) is 0 Å². The lowest BCUT2D eigenvalue weighted by molar-refractivity contribution is 0.0562. The van der Waals surface area contributed by atoms with Crippen molar-refractivity contribution in [3.05, 3.63) is 22.8 Å². The molecule has 0 saturated carbocycles. The minimum Gasteiger partial charge on any atom is -0.443 e. The Morgan fingerprint density at radius 3 is 2.79 bits per heavy atom. The summed E-state index contributed by atoms with van der Waals surface area (Å²) in [6.45, 7) is 7.55. The predicted molar refractivity (Wildman–Crippen MR) is 75.7 cm³/mol. The predicted octanol–water partition coefficient (Wildman–Crippen LogP) is 3.81. The molecule has 1 unspecified atom stereocenters. The van der Waals surface area contributed by atoms with Gasteiger partial charge in [0.05, 0.1) is 0 Å². The maximum Gasteiger partial charge on any atom is 0.416 e. The Labute approximate surface area is 118 Å². The molecule has 1 aromatic rings. The molecule has 5 heteroatoms. The van der Waals surface area contributed by atoms with E-state index in [-0.39, 0.29) is 12.1 Å². The van der Waals surface area contributed by atoms with Gasteiger partial charge in [-0.05, 0) is 52.2 Å². The molecule has 104 valence electrons. The molecular weight excluding hydrogens is 264 g/mol. The third-order valence-electron chi connectivity index (χ3n) is 3.01. The summed E-state index contributed by atoms with van der Waals surface area (Å²) in [4.78, 5) is 18.2. The van der Waals surface area contributed by atoms with Crippen LogP contribution in [-0.4, -0.2) is 22.7 Å². The van der Waals surface area contributed by atoms with Crippen LogP contribution in [0.4, 0.5) is 10.6 Å². The fourth-order valence-electron chi connectivity index (χ4n) is 2.14. The highest BCUT2D eigenvalue weighted by atomic mass is 35.5. The number of anilines is 1. The highest BCUT2D eigenvalue weighted by molar-refractivity contribution is 6.29. The summed E-state index contributed by atoms with van der Waals surface area (Å²) in [6, 6.07) is 3.74. The van der Waals surface area contributed by atoms with Gasteiger partial charge in [-0.1, -0.05) is 17.7 Å². The average molecular weight is 283 g/mol. The minimum atomic E-state index is -0.521. The Balaban J connectivity index is 2.35. The zero-order valence-electron chi connectivity index (χ0n) is 11.7. The van der Waals surface area contributed by atoms with Gasteiger partial charge in [-0.25, -0.2) is 9.78 Å². The van der Waals surface area contributed by atoms with Crippen LogP contribution in [0.25, 0.3) is 0 Å². The lowest BCUT2D eigenvalue weighted by Crippen LogP contribution is -2.45. The molecule has 0 radical (unpaired) electrons. The summed E-state index contributed by atoms with van der Waals surface area (Å²) in [5.41, 5.74) is 0.515. The van der Waals surface area contributed by atoms with Crippen molar-refractivity contribution in [1.82, 2.24) is 4.98 Å². The summed E-state index contributed by atoms with van der Waals surface area (Å²) in [6.07, 6.45) is 1.44. The van der Waals surface area contributed by atoms with E-state index in [1.165, 1.54) is 0 Å². The van der Waals surface area contributed by atoms with Crippen molar-refractivity contribution in [2.45, 2.75) is 52.2 Å². The molecule has 0 N–H and O–H groups in total. The second-order valence-corrected chi connectivity index (χ2v) is 6.24. The van der Waals surface area contributed by atoms with E-state index in [1.54, 1.807) is 11.0 Å². The molecule has 0 bridgehead atoms. The van der Waals surface area contributed by atoms with Gasteiger partial charge in [0.2, 0.25) is 0 Å². The normalized spacial score (nSPS) is 19.0. The minimum absolute atomic E-state index is 0.0633. The number of aryl methyl sites for hydroxylation is 1. The highest BCUT2D eigenvalue weighted by Gasteiger charge is 2.32. The van der Waals surface area contributed by atoms with Crippen LogP contribution in [0.15, 0.2) is 12.1 Å². The van der Waals surface area contributed by atoms with E-state index in [9.17, 15) is 4.79 Å². The number of fused-ring (bicyclic) bond motifs is 1. The Kier molecular flexibility index (Phi) is 3.72. The third kappa shape index (κ3) is 3.18. The fourth-order valence-corrected chi connectivity index (χ4v) is 2.28. The molecule has 1 aliphatic heterocycles. The molecule has 19 heavy (non-hydrogen) atoms. The van der Waals surface area contributed by atoms with Gasteiger partial charge in [-0.15, -0.1) is 0 Å². The van der Waals surface area contributed by atoms with Crippen LogP contribution >= 0.6 is 11.6 Å². The molecule has 4 nitrogen and oxygen atoms in total. The molecule has 1 aliphatic rings. The first-order valence-electron chi connectivity index (χ1n) is 6.45. The van der Waals surface area contributed by atoms with Crippen molar-refractivity contribution < 1.29 is 9.53 Å². The Hall–Kier alpha value is -1.29. The number of ether oxygens (including phenoxy) is 1. The van der Waals surface area contributed by atoms with Gasteiger partial charge in [-0.3, -0.25) is 4.90 Å². The van der Waals surface area contributed by atoms with Crippen LogP contribution in [-0.2, 0) is 11.2 Å². The molecule has 0 saturated heterocycles. The topological polar surface area (TPSA) is 42.4 Å². The number of nitrogens with zero attached hydrogens (tertiary/aromatic N) is 2. The number of amides is 1. The maximum absolute atomic E-state index is 12.3. The number of rotatable bonds is 0. The summed E-state index contributed by atoms with van der Waals surface area (Å²) in [7, 11) is 0. The smallest absolute Gasteiger partial charge is 0.416 e. The average Bonchev–Trinajstić information content (AvgIpc) is 2.25. The largest absolute Gasteiger partial charge is 0.443 e. The van der Waals surface area contributed by atoms with Crippen molar-refractivity contribution in [3.63, 3.8) is 0 Å². The molecular formula is C14H19ClN2O2. The quantitative estimate of drug-likeness (QED) is 0.680. The summed E-state index contributed by atoms with van der Waals surface area (Å²) < 4.78 is 5.45. The number of aromatic nitrogens is 1. The number of pyridine rings is 1. The van der Waals surface area contributed by atoms with Gasteiger partial charge in [-0.2, -0.15) is 0 Å². The monoisotopic (exact) mass is 282 g/mol. The lowest BCUT2D eigenvalue weighted by Gasteiger charge is -2.35. The number of carbonyl (C=O) groups excluding carboxylic acids is 1. The fraction of sp³-hybridized carbons (Fsp3) is 0.571. The standard InChI is InChI=1S/C14H19ClN2O2/c1-9-5-6-10-7-8-11(15)16-12(10)17(9)13(18)19-14(2,3)4/h7-9H,5-6H2,1-4H3. The Bertz CT molecular complexity index is 497. The van der Waals surface area contributed by atoms with Crippen molar-refractivity contribution in [2.24, 2.45) is 0 Å². The van der Waals surface area contributed by atoms with Crippen molar-refractivity contribution >= 4 is 23.5 Å². The SMILES string of the molecule is CC1CCc2ccc(Cl)nc2N1C(=O)OC(C)(C)C. The van der Waals surface area contributed by atoms with Crippen molar-refractivity contribution in [2.75, 3.05) is 4.90 Å². The van der Waals surface area contributed by atoms with E-state index in [1.807, 2.05) is 33.8 Å². The summed E-state index contributed by atoms with van der Waals surface area (Å²) >= 11 is 5.94. The molecule has 2 rings (SSSR count). The van der Waals surface area contributed by atoms with E-state index in [2.05, 4.69) is 4.98 Å². The number of hydrogen-bond acceptors (Lipinski definition) is 3. The van der Waals surface area contributed by atoms with Crippen LogP contribution in [0.1, 0.15) is 39.7 Å². The molecule has 0 spiro atoms. The lowest BCUT2D eigenvalue weighted by atomic mass is 10.0. The number of hydrogen-bond donors (Lipinski definition) is 0. The van der Waals surface area contributed by atoms with Gasteiger partial charge in [0.1, 0.15) is 16.6 Å². The first-order chi connectivity index (χ1) is 8.78. The van der Waals surface area contributed by atoms with Crippen LogP contribution in [0.5, 0.6) is 0 Å². The van der Waals surface area contributed by atoms with Gasteiger partial charge >= 0.3 is 6.09 Å². The molecule has 0 fully saturated rings. The maximum atomic E-state index is 12.3. The highest BCUT2D eigenvalue weighted by Crippen LogP contribution is 2.31. The van der Waals surface area contributed by atoms with E-state index in [0.717, 1.165) is 18.4 Å². The first-order valence-corrected chi connectivity index (χ1v) is 6.83. The van der Waals surface area contributed by atoms with Gasteiger partial charge in [0.15, 0.2) is 0 Å². The molecule has 0 aliphatic carbocycles. The second-order valence-electron chi connectivity index (χ2n) is 5.85. The molecule has 1 aromatic heterocycles. The van der Waals surface area contributed by atoms with E-state index in [4.69, 9.17) is 16.3 Å². The van der Waals surface area contributed by atoms with Gasteiger partial charge in [0.25, 0.3) is 0 Å². The zero-order valence-corrected chi connectivity index (χ0v) is 12.5. The molecule has 0 aromatic carbocycles. The van der Waals surface area contributed by atoms with Crippen molar-refractivity contribution in [3.8, 4) is 0 Å². The van der Waals surface area contributed by atoms with E-state index >= 15 is 0 Å². The third-order valence-corrected chi connectivity index (χ3v) is 3.22. The molecule has 1 amide bonds. The zero-order chi connectivity index (χ0) is 14.2. The number of carbonyl (C=O) groups is 1. The van der Waals surface area contributed by atoms with Crippen molar-refractivity contribution in [1.29, 1.82) is 0 Å². The van der Waals surface area contributed by atoms with E-state index < -0.39 is 5.60 Å². The van der Waals surface area contributed by atoms with Crippen LogP contribution in [0.3, 0.4) is 0 Å². The van der Waals surface area contributed by atoms with E-state index in [0.29, 0.717) is 11.0 Å². The summed E-state index contributed by atoms with van der Waals surface area (Å²) in [5, 5.41) is 0.390. The number of halogens is 1.